The smallest absolute Gasteiger partial charge is 0.231 e. The lowest BCUT2D eigenvalue weighted by Gasteiger charge is -2.29. The summed E-state index contributed by atoms with van der Waals surface area (Å²) in [5, 5.41) is 0.647. The second-order valence-corrected chi connectivity index (χ2v) is 6.93. The van der Waals surface area contributed by atoms with Crippen molar-refractivity contribution in [1.29, 1.82) is 0 Å². The molecule has 4 nitrogen and oxygen atoms in total. The van der Waals surface area contributed by atoms with Crippen molar-refractivity contribution >= 4 is 11.6 Å². The molecule has 0 bridgehead atoms. The number of nitrogens with zero attached hydrogens (tertiary/aromatic N) is 1. The molecule has 5 heteroatoms. The van der Waals surface area contributed by atoms with E-state index in [4.69, 9.17) is 26.8 Å². The highest BCUT2D eigenvalue weighted by Gasteiger charge is 2.38. The highest BCUT2D eigenvalue weighted by Crippen LogP contribution is 2.41. The number of rotatable bonds is 2. The van der Waals surface area contributed by atoms with Gasteiger partial charge in [-0.3, -0.25) is 4.90 Å². The van der Waals surface area contributed by atoms with E-state index in [2.05, 4.69) is 11.0 Å². The SMILES string of the molecule is NC1CCCC2CN(Cc3cc(Cl)c4c(c3)OCO4)CC12. The predicted octanol–water partition coefficient (Wildman–Crippen LogP) is 2.63. The zero-order valence-electron chi connectivity index (χ0n) is 12.1. The van der Waals surface area contributed by atoms with E-state index in [1.165, 1.54) is 24.8 Å². The van der Waals surface area contributed by atoms with Gasteiger partial charge < -0.3 is 15.2 Å². The Labute approximate surface area is 130 Å². The molecule has 0 spiro atoms. The van der Waals surface area contributed by atoms with Crippen molar-refractivity contribution in [3.63, 3.8) is 0 Å². The minimum Gasteiger partial charge on any atom is -0.454 e. The largest absolute Gasteiger partial charge is 0.454 e. The molecule has 3 atom stereocenters. The van der Waals surface area contributed by atoms with Crippen LogP contribution in [0.15, 0.2) is 12.1 Å². The summed E-state index contributed by atoms with van der Waals surface area (Å²) in [4.78, 5) is 2.51. The van der Waals surface area contributed by atoms with Gasteiger partial charge in [0, 0.05) is 25.7 Å². The van der Waals surface area contributed by atoms with E-state index in [0.717, 1.165) is 31.3 Å². The molecule has 0 radical (unpaired) electrons. The Kier molecular flexibility index (Phi) is 3.48. The van der Waals surface area contributed by atoms with Crippen LogP contribution in [-0.4, -0.2) is 30.8 Å². The maximum absolute atomic E-state index is 6.29. The first-order valence-corrected chi connectivity index (χ1v) is 8.14. The third-order valence-corrected chi connectivity index (χ3v) is 5.40. The van der Waals surface area contributed by atoms with Gasteiger partial charge in [0.25, 0.3) is 0 Å². The molecule has 1 saturated carbocycles. The lowest BCUT2D eigenvalue weighted by Crippen LogP contribution is -2.38. The van der Waals surface area contributed by atoms with Crippen LogP contribution < -0.4 is 15.2 Å². The molecule has 2 aliphatic heterocycles. The lowest BCUT2D eigenvalue weighted by molar-refractivity contribution is 0.174. The van der Waals surface area contributed by atoms with E-state index >= 15 is 0 Å². The first kappa shape index (κ1) is 13.7. The summed E-state index contributed by atoms with van der Waals surface area (Å²) >= 11 is 6.26. The van der Waals surface area contributed by atoms with Crippen molar-refractivity contribution < 1.29 is 9.47 Å². The molecule has 0 aromatic heterocycles. The van der Waals surface area contributed by atoms with E-state index in [1.54, 1.807) is 0 Å². The summed E-state index contributed by atoms with van der Waals surface area (Å²) in [6.07, 6.45) is 3.80. The zero-order chi connectivity index (χ0) is 14.4. The number of fused-ring (bicyclic) bond motifs is 2. The van der Waals surface area contributed by atoms with E-state index < -0.39 is 0 Å². The number of benzene rings is 1. The highest BCUT2D eigenvalue weighted by molar-refractivity contribution is 6.32. The van der Waals surface area contributed by atoms with E-state index in [0.29, 0.717) is 22.7 Å². The van der Waals surface area contributed by atoms with Crippen LogP contribution in [0.3, 0.4) is 0 Å². The van der Waals surface area contributed by atoms with E-state index in [-0.39, 0.29) is 6.79 Å². The summed E-state index contributed by atoms with van der Waals surface area (Å²) in [6, 6.07) is 4.43. The Bertz CT molecular complexity index is 551. The molecule has 2 heterocycles. The standard InChI is InChI=1S/C16H21ClN2O2/c17-13-4-10(5-15-16(13)21-9-20-15)6-19-7-11-2-1-3-14(18)12(11)8-19/h4-5,11-12,14H,1-3,6-9,18H2. The van der Waals surface area contributed by atoms with Crippen LogP contribution in [0.25, 0.3) is 0 Å². The summed E-state index contributed by atoms with van der Waals surface area (Å²) in [5.74, 6) is 2.89. The molecule has 21 heavy (non-hydrogen) atoms. The van der Waals surface area contributed by atoms with Gasteiger partial charge in [-0.1, -0.05) is 18.0 Å². The van der Waals surface area contributed by atoms with Gasteiger partial charge in [-0.2, -0.15) is 0 Å². The van der Waals surface area contributed by atoms with E-state index in [1.807, 2.05) is 6.07 Å². The molecule has 1 saturated heterocycles. The van der Waals surface area contributed by atoms with Crippen molar-refractivity contribution in [3.05, 3.63) is 22.7 Å². The van der Waals surface area contributed by atoms with Gasteiger partial charge in [0.2, 0.25) is 6.79 Å². The third-order valence-electron chi connectivity index (χ3n) is 5.12. The number of ether oxygens (including phenoxy) is 2. The van der Waals surface area contributed by atoms with Gasteiger partial charge in [-0.05, 0) is 42.4 Å². The number of halogens is 1. The van der Waals surface area contributed by atoms with Crippen molar-refractivity contribution in [3.8, 4) is 11.5 Å². The van der Waals surface area contributed by atoms with E-state index in [9.17, 15) is 0 Å². The Morgan fingerprint density at radius 2 is 2.14 bits per heavy atom. The zero-order valence-corrected chi connectivity index (χ0v) is 12.8. The fraction of sp³-hybridized carbons (Fsp3) is 0.625. The van der Waals surface area contributed by atoms with Crippen LogP contribution in [0.1, 0.15) is 24.8 Å². The molecule has 0 amide bonds. The van der Waals surface area contributed by atoms with Gasteiger partial charge in [0.1, 0.15) is 0 Å². The van der Waals surface area contributed by atoms with Gasteiger partial charge in [0.05, 0.1) is 5.02 Å². The second kappa shape index (κ2) is 5.34. The number of nitrogens with two attached hydrogens (primary N) is 1. The maximum atomic E-state index is 6.29. The molecule has 1 aliphatic carbocycles. The summed E-state index contributed by atoms with van der Waals surface area (Å²) in [5.41, 5.74) is 7.48. The Morgan fingerprint density at radius 1 is 1.24 bits per heavy atom. The summed E-state index contributed by atoms with van der Waals surface area (Å²) < 4.78 is 10.8. The van der Waals surface area contributed by atoms with Gasteiger partial charge in [-0.25, -0.2) is 0 Å². The average molecular weight is 309 g/mol. The molecule has 2 fully saturated rings. The highest BCUT2D eigenvalue weighted by atomic mass is 35.5. The Balaban J connectivity index is 1.48. The topological polar surface area (TPSA) is 47.7 Å². The first-order valence-electron chi connectivity index (χ1n) is 7.76. The molecule has 4 rings (SSSR count). The number of hydrogen-bond donors (Lipinski definition) is 1. The van der Waals surface area contributed by atoms with Crippen molar-refractivity contribution in [2.45, 2.75) is 31.8 Å². The normalized spacial score (nSPS) is 31.4. The molecule has 3 aliphatic rings. The first-order chi connectivity index (χ1) is 10.2. The Morgan fingerprint density at radius 3 is 3.00 bits per heavy atom. The van der Waals surface area contributed by atoms with Crippen molar-refractivity contribution in [2.75, 3.05) is 19.9 Å². The average Bonchev–Trinajstić information content (AvgIpc) is 3.06. The van der Waals surface area contributed by atoms with Crippen LogP contribution in [0.5, 0.6) is 11.5 Å². The number of likely N-dealkylation sites (tertiary alicyclic amines) is 1. The lowest BCUT2D eigenvalue weighted by atomic mass is 9.78. The summed E-state index contributed by atoms with van der Waals surface area (Å²) in [6.45, 7) is 3.44. The quantitative estimate of drug-likeness (QED) is 0.912. The van der Waals surface area contributed by atoms with Crippen LogP contribution >= 0.6 is 11.6 Å². The molecular weight excluding hydrogens is 288 g/mol. The van der Waals surface area contributed by atoms with Crippen LogP contribution in [0.4, 0.5) is 0 Å². The second-order valence-electron chi connectivity index (χ2n) is 6.52. The van der Waals surface area contributed by atoms with Crippen molar-refractivity contribution in [1.82, 2.24) is 4.90 Å². The maximum Gasteiger partial charge on any atom is 0.231 e. The minimum atomic E-state index is 0.265. The molecule has 1 aromatic carbocycles. The fourth-order valence-corrected chi connectivity index (χ4v) is 4.40. The molecule has 114 valence electrons. The molecule has 2 N–H and O–H groups in total. The molecule has 1 aromatic rings. The monoisotopic (exact) mass is 308 g/mol. The minimum absolute atomic E-state index is 0.265. The van der Waals surface area contributed by atoms with Crippen LogP contribution in [0.2, 0.25) is 5.02 Å². The van der Waals surface area contributed by atoms with Gasteiger partial charge in [-0.15, -0.1) is 0 Å². The molecule has 3 unspecified atom stereocenters. The predicted molar refractivity (Wildman–Crippen MR) is 81.7 cm³/mol. The van der Waals surface area contributed by atoms with Crippen molar-refractivity contribution in [2.24, 2.45) is 17.6 Å². The van der Waals surface area contributed by atoms with Gasteiger partial charge in [0.15, 0.2) is 11.5 Å². The Hall–Kier alpha value is -0.970. The summed E-state index contributed by atoms with van der Waals surface area (Å²) in [7, 11) is 0. The fourth-order valence-electron chi connectivity index (χ4n) is 4.11. The molecular formula is C16H21ClN2O2. The number of hydrogen-bond acceptors (Lipinski definition) is 4. The van der Waals surface area contributed by atoms with Gasteiger partial charge >= 0.3 is 0 Å². The van der Waals surface area contributed by atoms with Crippen LogP contribution in [0, 0.1) is 11.8 Å². The van der Waals surface area contributed by atoms with Crippen LogP contribution in [-0.2, 0) is 6.54 Å². The third kappa shape index (κ3) is 2.50.